The van der Waals surface area contributed by atoms with Gasteiger partial charge in [0.25, 0.3) is 5.91 Å². The zero-order chi connectivity index (χ0) is 21.1. The van der Waals surface area contributed by atoms with E-state index in [1.54, 1.807) is 18.2 Å². The van der Waals surface area contributed by atoms with Crippen molar-refractivity contribution in [2.24, 2.45) is 10.9 Å². The molecule has 4 rings (SSSR count). The minimum absolute atomic E-state index is 0.193. The Bertz CT molecular complexity index is 1170. The Morgan fingerprint density at radius 3 is 2.57 bits per heavy atom. The molecule has 1 aliphatic heterocycles. The molecular weight excluding hydrogens is 399 g/mol. The van der Waals surface area contributed by atoms with Gasteiger partial charge >= 0.3 is 0 Å². The topological polar surface area (TPSA) is 50.7 Å². The SMILES string of the molecule is CC(C)COc1ccc(/C=C2\SC(=Nc3ccccc3F)NC2=O)c2ccccc12. The van der Waals surface area contributed by atoms with Gasteiger partial charge in [-0.15, -0.1) is 0 Å². The van der Waals surface area contributed by atoms with Gasteiger partial charge in [-0.2, -0.15) is 0 Å². The Morgan fingerprint density at radius 1 is 1.07 bits per heavy atom. The number of rotatable bonds is 5. The Morgan fingerprint density at radius 2 is 1.80 bits per heavy atom. The monoisotopic (exact) mass is 420 g/mol. The minimum Gasteiger partial charge on any atom is -0.493 e. The standard InChI is InChI=1S/C24H21FN2O2S/c1-15(2)14-29-21-12-11-16(17-7-3-4-8-18(17)21)13-22-23(28)27-24(30-22)26-20-10-6-5-9-19(20)25/h3-13,15H,14H2,1-2H3,(H,26,27,28)/b22-13-. The number of carbonyl (C=O) groups is 1. The molecule has 0 bridgehead atoms. The van der Waals surface area contributed by atoms with Gasteiger partial charge in [-0.05, 0) is 52.9 Å². The zero-order valence-corrected chi connectivity index (χ0v) is 17.5. The van der Waals surface area contributed by atoms with Crippen molar-refractivity contribution in [2.45, 2.75) is 13.8 Å². The Hall–Kier alpha value is -3.12. The first-order valence-corrected chi connectivity index (χ1v) is 10.5. The Labute approximate surface area is 178 Å². The predicted molar refractivity (Wildman–Crippen MR) is 121 cm³/mol. The fraction of sp³-hybridized carbons (Fsp3) is 0.167. The van der Waals surface area contributed by atoms with Crippen molar-refractivity contribution in [3.05, 3.63) is 76.9 Å². The third kappa shape index (κ3) is 4.39. The lowest BCUT2D eigenvalue weighted by atomic mass is 10.0. The summed E-state index contributed by atoms with van der Waals surface area (Å²) in [5, 5.41) is 5.06. The second-order valence-corrected chi connectivity index (χ2v) is 8.37. The van der Waals surface area contributed by atoms with Gasteiger partial charge in [-0.1, -0.05) is 56.3 Å². The highest BCUT2D eigenvalue weighted by atomic mass is 32.2. The largest absolute Gasteiger partial charge is 0.493 e. The van der Waals surface area contributed by atoms with Crippen molar-refractivity contribution in [3.63, 3.8) is 0 Å². The fourth-order valence-corrected chi connectivity index (χ4v) is 3.90. The number of hydrogen-bond donors (Lipinski definition) is 1. The molecule has 1 heterocycles. The number of amidine groups is 1. The van der Waals surface area contributed by atoms with Gasteiger partial charge in [-0.25, -0.2) is 9.38 Å². The number of ether oxygens (including phenoxy) is 1. The molecule has 0 radical (unpaired) electrons. The first-order valence-electron chi connectivity index (χ1n) is 9.70. The maximum Gasteiger partial charge on any atom is 0.264 e. The summed E-state index contributed by atoms with van der Waals surface area (Å²) in [6.07, 6.45) is 1.83. The van der Waals surface area contributed by atoms with Gasteiger partial charge in [0.1, 0.15) is 17.3 Å². The van der Waals surface area contributed by atoms with Gasteiger partial charge in [-0.3, -0.25) is 4.79 Å². The van der Waals surface area contributed by atoms with Gasteiger partial charge in [0.15, 0.2) is 5.17 Å². The maximum atomic E-state index is 13.9. The average molecular weight is 421 g/mol. The highest BCUT2D eigenvalue weighted by Gasteiger charge is 2.24. The second kappa shape index (κ2) is 8.71. The fourth-order valence-electron chi connectivity index (χ4n) is 3.08. The molecule has 0 atom stereocenters. The molecule has 4 nitrogen and oxygen atoms in total. The van der Waals surface area contributed by atoms with Crippen LogP contribution in [0.3, 0.4) is 0 Å². The number of nitrogens with zero attached hydrogens (tertiary/aromatic N) is 1. The van der Waals surface area contributed by atoms with Crippen LogP contribution in [-0.2, 0) is 4.79 Å². The summed E-state index contributed by atoms with van der Waals surface area (Å²) in [7, 11) is 0. The number of halogens is 1. The molecule has 1 fully saturated rings. The smallest absolute Gasteiger partial charge is 0.264 e. The third-order valence-electron chi connectivity index (χ3n) is 4.50. The lowest BCUT2D eigenvalue weighted by molar-refractivity contribution is -0.115. The molecule has 1 aliphatic rings. The van der Waals surface area contributed by atoms with E-state index in [0.717, 1.165) is 22.1 Å². The van der Waals surface area contributed by atoms with Crippen LogP contribution in [0.25, 0.3) is 16.8 Å². The zero-order valence-electron chi connectivity index (χ0n) is 16.7. The van der Waals surface area contributed by atoms with Crippen LogP contribution in [0.5, 0.6) is 5.75 Å². The lowest BCUT2D eigenvalue weighted by Crippen LogP contribution is -2.19. The van der Waals surface area contributed by atoms with Crippen LogP contribution in [0, 0.1) is 11.7 Å². The highest BCUT2D eigenvalue weighted by molar-refractivity contribution is 8.18. The normalized spacial score (nSPS) is 16.6. The van der Waals surface area contributed by atoms with Gasteiger partial charge in [0.05, 0.1) is 11.5 Å². The van der Waals surface area contributed by atoms with E-state index in [9.17, 15) is 9.18 Å². The van der Waals surface area contributed by atoms with E-state index in [0.29, 0.717) is 22.6 Å². The number of fused-ring (bicyclic) bond motifs is 1. The number of aliphatic imine (C=N–C) groups is 1. The number of nitrogens with one attached hydrogen (secondary N) is 1. The van der Waals surface area contributed by atoms with E-state index in [1.165, 1.54) is 17.8 Å². The van der Waals surface area contributed by atoms with Gasteiger partial charge in [0.2, 0.25) is 0 Å². The van der Waals surface area contributed by atoms with Crippen LogP contribution >= 0.6 is 11.8 Å². The van der Waals surface area contributed by atoms with E-state index in [4.69, 9.17) is 4.74 Å². The Balaban J connectivity index is 1.66. The molecule has 1 N–H and O–H groups in total. The first-order chi connectivity index (χ1) is 14.5. The van der Waals surface area contributed by atoms with E-state index in [2.05, 4.69) is 24.2 Å². The molecule has 0 saturated carbocycles. The minimum atomic E-state index is -0.430. The number of para-hydroxylation sites is 1. The summed E-state index contributed by atoms with van der Waals surface area (Å²) in [6, 6.07) is 18.1. The lowest BCUT2D eigenvalue weighted by Gasteiger charge is -2.13. The number of amides is 1. The maximum absolute atomic E-state index is 13.9. The van der Waals surface area contributed by atoms with Crippen molar-refractivity contribution in [1.29, 1.82) is 0 Å². The van der Waals surface area contributed by atoms with Crippen molar-refractivity contribution in [1.82, 2.24) is 5.32 Å². The molecule has 30 heavy (non-hydrogen) atoms. The first kappa shape index (κ1) is 20.2. The average Bonchev–Trinajstić information content (AvgIpc) is 3.08. The number of carbonyl (C=O) groups excluding carboxylic acids is 1. The second-order valence-electron chi connectivity index (χ2n) is 7.34. The molecule has 0 unspecified atom stereocenters. The van der Waals surface area contributed by atoms with Crippen molar-refractivity contribution < 1.29 is 13.9 Å². The summed E-state index contributed by atoms with van der Waals surface area (Å²) in [5.74, 6) is 0.572. The van der Waals surface area contributed by atoms with E-state index in [1.807, 2.05) is 42.5 Å². The number of benzene rings is 3. The molecule has 152 valence electrons. The van der Waals surface area contributed by atoms with Crippen LogP contribution in [0.2, 0.25) is 0 Å². The van der Waals surface area contributed by atoms with Crippen molar-refractivity contribution in [3.8, 4) is 5.75 Å². The summed E-state index contributed by atoms with van der Waals surface area (Å²) < 4.78 is 19.8. The van der Waals surface area contributed by atoms with Gasteiger partial charge in [0, 0.05) is 5.39 Å². The predicted octanol–water partition coefficient (Wildman–Crippen LogP) is 5.91. The summed E-state index contributed by atoms with van der Waals surface area (Å²) in [4.78, 5) is 17.2. The van der Waals surface area contributed by atoms with Crippen LogP contribution < -0.4 is 10.1 Å². The summed E-state index contributed by atoms with van der Waals surface area (Å²) in [5.41, 5.74) is 1.10. The third-order valence-corrected chi connectivity index (χ3v) is 5.41. The molecule has 1 saturated heterocycles. The quantitative estimate of drug-likeness (QED) is 0.523. The number of hydrogen-bond acceptors (Lipinski definition) is 4. The van der Waals surface area contributed by atoms with E-state index < -0.39 is 5.82 Å². The summed E-state index contributed by atoms with van der Waals surface area (Å²) in [6.45, 7) is 4.85. The summed E-state index contributed by atoms with van der Waals surface area (Å²) >= 11 is 1.20. The molecule has 0 aromatic heterocycles. The Kier molecular flexibility index (Phi) is 5.86. The van der Waals surface area contributed by atoms with Crippen molar-refractivity contribution in [2.75, 3.05) is 6.61 Å². The van der Waals surface area contributed by atoms with Crippen LogP contribution in [0.4, 0.5) is 10.1 Å². The molecular formula is C24H21FN2O2S. The molecule has 3 aromatic carbocycles. The van der Waals surface area contributed by atoms with E-state index in [-0.39, 0.29) is 11.6 Å². The van der Waals surface area contributed by atoms with Crippen LogP contribution in [0.15, 0.2) is 70.6 Å². The molecule has 1 amide bonds. The van der Waals surface area contributed by atoms with E-state index >= 15 is 0 Å². The van der Waals surface area contributed by atoms with Crippen LogP contribution in [-0.4, -0.2) is 17.7 Å². The number of thioether (sulfide) groups is 1. The van der Waals surface area contributed by atoms with Crippen LogP contribution in [0.1, 0.15) is 19.4 Å². The molecule has 6 heteroatoms. The van der Waals surface area contributed by atoms with Crippen molar-refractivity contribution >= 4 is 45.4 Å². The molecule has 3 aromatic rings. The van der Waals surface area contributed by atoms with Gasteiger partial charge < -0.3 is 10.1 Å². The molecule has 0 spiro atoms. The molecule has 0 aliphatic carbocycles. The highest BCUT2D eigenvalue weighted by Crippen LogP contribution is 2.33.